The number of aryl methyl sites for hydroxylation is 1. The van der Waals surface area contributed by atoms with Crippen LogP contribution in [0.25, 0.3) is 5.69 Å². The third-order valence-electron chi connectivity index (χ3n) is 2.19. The third kappa shape index (κ3) is 1.66. The Morgan fingerprint density at radius 1 is 1.50 bits per heavy atom. The number of hydrogen-bond donors (Lipinski definition) is 0. The zero-order valence-electron chi connectivity index (χ0n) is 8.41. The molecule has 80 valence electrons. The van der Waals surface area contributed by atoms with Gasteiger partial charge in [0.25, 0.3) is 0 Å². The van der Waals surface area contributed by atoms with Crippen LogP contribution in [0.5, 0.6) is 0 Å². The van der Waals surface area contributed by atoms with Crippen molar-refractivity contribution in [3.05, 3.63) is 46.5 Å². The van der Waals surface area contributed by atoms with Gasteiger partial charge in [-0.3, -0.25) is 0 Å². The van der Waals surface area contributed by atoms with Crippen LogP contribution in [0, 0.1) is 24.1 Å². The molecule has 2 rings (SSSR count). The second-order valence-electron chi connectivity index (χ2n) is 3.25. The molecule has 0 N–H and O–H groups in total. The molecule has 1 aromatic heterocycles. The van der Waals surface area contributed by atoms with Crippen LogP contribution in [0.15, 0.2) is 24.4 Å². The molecule has 2 aromatic rings. The molecule has 0 unspecified atom stereocenters. The van der Waals surface area contributed by atoms with Crippen molar-refractivity contribution in [2.75, 3.05) is 0 Å². The van der Waals surface area contributed by atoms with E-state index in [0.717, 1.165) is 0 Å². The minimum absolute atomic E-state index is 0.0401. The molecule has 3 nitrogen and oxygen atoms in total. The monoisotopic (exact) mass is 235 g/mol. The van der Waals surface area contributed by atoms with Gasteiger partial charge in [0.15, 0.2) is 0 Å². The molecule has 5 heteroatoms. The van der Waals surface area contributed by atoms with Crippen LogP contribution in [0.1, 0.15) is 11.3 Å². The lowest BCUT2D eigenvalue weighted by molar-refractivity contribution is 0.621. The maximum atomic E-state index is 13.3. The smallest absolute Gasteiger partial charge is 0.143 e. The summed E-state index contributed by atoms with van der Waals surface area (Å²) in [7, 11) is 0. The highest BCUT2D eigenvalue weighted by Gasteiger charge is 2.11. The van der Waals surface area contributed by atoms with Crippen molar-refractivity contribution in [2.45, 2.75) is 6.92 Å². The van der Waals surface area contributed by atoms with Crippen LogP contribution in [-0.4, -0.2) is 9.78 Å². The molecule has 0 saturated carbocycles. The number of aromatic nitrogens is 2. The summed E-state index contributed by atoms with van der Waals surface area (Å²) >= 11 is 5.85. The largest absolute Gasteiger partial charge is 0.238 e. The molecule has 0 atom stereocenters. The molecule has 0 aliphatic heterocycles. The maximum absolute atomic E-state index is 13.3. The SMILES string of the molecule is Cc1nn(-c2cccc(F)c2C#N)cc1Cl. The Balaban J connectivity index is 2.65. The van der Waals surface area contributed by atoms with E-state index < -0.39 is 5.82 Å². The number of halogens is 2. The zero-order chi connectivity index (χ0) is 11.7. The minimum atomic E-state index is -0.565. The van der Waals surface area contributed by atoms with Crippen molar-refractivity contribution >= 4 is 11.6 Å². The second-order valence-corrected chi connectivity index (χ2v) is 3.66. The van der Waals surface area contributed by atoms with Gasteiger partial charge in [-0.2, -0.15) is 10.4 Å². The summed E-state index contributed by atoms with van der Waals surface area (Å²) in [6, 6.07) is 6.19. The molecule has 0 bridgehead atoms. The first-order valence-corrected chi connectivity index (χ1v) is 4.92. The van der Waals surface area contributed by atoms with E-state index in [1.807, 2.05) is 6.07 Å². The van der Waals surface area contributed by atoms with Crippen LogP contribution >= 0.6 is 11.6 Å². The van der Waals surface area contributed by atoms with E-state index in [0.29, 0.717) is 16.4 Å². The lowest BCUT2D eigenvalue weighted by atomic mass is 10.2. The first-order valence-electron chi connectivity index (χ1n) is 4.54. The van der Waals surface area contributed by atoms with Crippen molar-refractivity contribution in [3.63, 3.8) is 0 Å². The number of hydrogen-bond acceptors (Lipinski definition) is 2. The normalized spacial score (nSPS) is 10.1. The topological polar surface area (TPSA) is 41.6 Å². The van der Waals surface area contributed by atoms with E-state index in [1.165, 1.54) is 16.8 Å². The standard InChI is InChI=1S/C11H7ClFN3/c1-7-9(12)6-16(15-7)11-4-2-3-10(13)8(11)5-14/h2-4,6H,1H3. The quantitative estimate of drug-likeness (QED) is 0.763. The van der Waals surface area contributed by atoms with Gasteiger partial charge in [-0.25, -0.2) is 9.07 Å². The molecule has 1 heterocycles. The summed E-state index contributed by atoms with van der Waals surface area (Å²) in [5.41, 5.74) is 0.981. The number of benzene rings is 1. The molecule has 0 amide bonds. The van der Waals surface area contributed by atoms with Gasteiger partial charge >= 0.3 is 0 Å². The Kier molecular flexibility index (Phi) is 2.63. The molecule has 1 aromatic carbocycles. The third-order valence-corrected chi connectivity index (χ3v) is 2.56. The van der Waals surface area contributed by atoms with Crippen LogP contribution in [0.2, 0.25) is 5.02 Å². The summed E-state index contributed by atoms with van der Waals surface area (Å²) < 4.78 is 14.7. The maximum Gasteiger partial charge on any atom is 0.143 e. The predicted octanol–water partition coefficient (Wildman–Crippen LogP) is 2.84. The summed E-state index contributed by atoms with van der Waals surface area (Å²) in [6.45, 7) is 1.74. The van der Waals surface area contributed by atoms with Gasteiger partial charge in [-0.05, 0) is 19.1 Å². The van der Waals surface area contributed by atoms with Gasteiger partial charge in [0.1, 0.15) is 17.4 Å². The molecule has 0 radical (unpaired) electrons. The molecule has 0 aliphatic rings. The fraction of sp³-hybridized carbons (Fsp3) is 0.0909. The molecular formula is C11H7ClFN3. The number of rotatable bonds is 1. The highest BCUT2D eigenvalue weighted by Crippen LogP contribution is 2.20. The van der Waals surface area contributed by atoms with E-state index in [1.54, 1.807) is 19.2 Å². The molecule has 0 fully saturated rings. The van der Waals surface area contributed by atoms with Crippen molar-refractivity contribution in [2.24, 2.45) is 0 Å². The lowest BCUT2D eigenvalue weighted by Gasteiger charge is -2.03. The van der Waals surface area contributed by atoms with Gasteiger partial charge in [0, 0.05) is 6.20 Å². The fourth-order valence-electron chi connectivity index (χ4n) is 1.38. The van der Waals surface area contributed by atoms with Gasteiger partial charge in [0.2, 0.25) is 0 Å². The Morgan fingerprint density at radius 2 is 2.25 bits per heavy atom. The Labute approximate surface area is 96.7 Å². The van der Waals surface area contributed by atoms with E-state index >= 15 is 0 Å². The van der Waals surface area contributed by atoms with Crippen molar-refractivity contribution < 1.29 is 4.39 Å². The van der Waals surface area contributed by atoms with E-state index in [2.05, 4.69) is 5.10 Å². The summed E-state index contributed by atoms with van der Waals surface area (Å²) in [6.07, 6.45) is 1.55. The predicted molar refractivity (Wildman–Crippen MR) is 58.0 cm³/mol. The second kappa shape index (κ2) is 3.95. The van der Waals surface area contributed by atoms with Gasteiger partial charge in [-0.15, -0.1) is 0 Å². The van der Waals surface area contributed by atoms with Crippen LogP contribution in [0.4, 0.5) is 4.39 Å². The van der Waals surface area contributed by atoms with Crippen LogP contribution in [0.3, 0.4) is 0 Å². The average molecular weight is 236 g/mol. The van der Waals surface area contributed by atoms with E-state index in [4.69, 9.17) is 16.9 Å². The summed E-state index contributed by atoms with van der Waals surface area (Å²) in [5.74, 6) is -0.565. The fourth-order valence-corrected chi connectivity index (χ4v) is 1.51. The highest BCUT2D eigenvalue weighted by atomic mass is 35.5. The highest BCUT2D eigenvalue weighted by molar-refractivity contribution is 6.31. The molecule has 0 saturated heterocycles. The number of nitriles is 1. The molecule has 0 aliphatic carbocycles. The van der Waals surface area contributed by atoms with Gasteiger partial charge in [-0.1, -0.05) is 17.7 Å². The van der Waals surface area contributed by atoms with E-state index in [-0.39, 0.29) is 5.56 Å². The molecular weight excluding hydrogens is 229 g/mol. The zero-order valence-corrected chi connectivity index (χ0v) is 9.16. The Bertz CT molecular complexity index is 564. The van der Waals surface area contributed by atoms with Crippen molar-refractivity contribution in [1.82, 2.24) is 9.78 Å². The Morgan fingerprint density at radius 3 is 2.81 bits per heavy atom. The lowest BCUT2D eigenvalue weighted by Crippen LogP contribution is -2.00. The van der Waals surface area contributed by atoms with E-state index in [9.17, 15) is 4.39 Å². The first-order chi connectivity index (χ1) is 7.63. The average Bonchev–Trinajstić information content (AvgIpc) is 2.59. The minimum Gasteiger partial charge on any atom is -0.238 e. The Hall–Kier alpha value is -1.86. The summed E-state index contributed by atoms with van der Waals surface area (Å²) in [4.78, 5) is 0. The summed E-state index contributed by atoms with van der Waals surface area (Å²) in [5, 5.41) is 13.4. The van der Waals surface area contributed by atoms with Gasteiger partial charge in [0.05, 0.1) is 16.4 Å². The molecule has 16 heavy (non-hydrogen) atoms. The number of nitrogens with zero attached hydrogens (tertiary/aromatic N) is 3. The first kappa shape index (κ1) is 10.7. The molecule has 0 spiro atoms. The van der Waals surface area contributed by atoms with Crippen LogP contribution < -0.4 is 0 Å². The van der Waals surface area contributed by atoms with Crippen LogP contribution in [-0.2, 0) is 0 Å². The van der Waals surface area contributed by atoms with Gasteiger partial charge < -0.3 is 0 Å². The van der Waals surface area contributed by atoms with Crippen molar-refractivity contribution in [3.8, 4) is 11.8 Å². The van der Waals surface area contributed by atoms with Crippen molar-refractivity contribution in [1.29, 1.82) is 5.26 Å².